The van der Waals surface area contributed by atoms with E-state index in [4.69, 9.17) is 0 Å². The Morgan fingerprint density at radius 1 is 1.18 bits per heavy atom. The van der Waals surface area contributed by atoms with Crippen molar-refractivity contribution in [3.8, 4) is 0 Å². The minimum Gasteiger partial charge on any atom is -0.356 e. The van der Waals surface area contributed by atoms with Crippen LogP contribution in [0.2, 0.25) is 0 Å². The lowest BCUT2D eigenvalue weighted by atomic mass is 9.73. The molecule has 2 aliphatic rings. The second kappa shape index (κ2) is 8.25. The molecule has 2 aliphatic heterocycles. The molecule has 4 rings (SSSR count). The molecular weight excluding hydrogens is 350 g/mol. The van der Waals surface area contributed by atoms with Crippen LogP contribution < -0.4 is 4.90 Å². The zero-order valence-electron chi connectivity index (χ0n) is 16.7. The average Bonchev–Trinajstić information content (AvgIpc) is 2.73. The van der Waals surface area contributed by atoms with Crippen molar-refractivity contribution < 1.29 is 4.79 Å². The van der Waals surface area contributed by atoms with Gasteiger partial charge in [0, 0.05) is 62.2 Å². The highest BCUT2D eigenvalue weighted by atomic mass is 16.2. The fourth-order valence-electron chi connectivity index (χ4n) is 4.76. The van der Waals surface area contributed by atoms with Crippen LogP contribution >= 0.6 is 0 Å². The Kier molecular flexibility index (Phi) is 5.55. The highest BCUT2D eigenvalue weighted by Gasteiger charge is 2.42. The van der Waals surface area contributed by atoms with E-state index in [2.05, 4.69) is 26.8 Å². The van der Waals surface area contributed by atoms with Gasteiger partial charge in [-0.25, -0.2) is 9.97 Å². The number of hydrogen-bond donors (Lipinski definition) is 0. The van der Waals surface area contributed by atoms with Gasteiger partial charge < -0.3 is 9.80 Å². The first-order chi connectivity index (χ1) is 13.7. The Balaban J connectivity index is 1.52. The smallest absolute Gasteiger partial charge is 0.222 e. The first kappa shape index (κ1) is 18.8. The van der Waals surface area contributed by atoms with Crippen molar-refractivity contribution in [2.45, 2.75) is 52.0 Å². The molecule has 6 heteroatoms. The zero-order valence-corrected chi connectivity index (χ0v) is 16.7. The quantitative estimate of drug-likeness (QED) is 0.798. The third-order valence-corrected chi connectivity index (χ3v) is 6.09. The number of amides is 1. The maximum Gasteiger partial charge on any atom is 0.222 e. The van der Waals surface area contributed by atoms with Crippen molar-refractivity contribution in [2.24, 2.45) is 5.41 Å². The summed E-state index contributed by atoms with van der Waals surface area (Å²) >= 11 is 0. The number of hydrogen-bond acceptors (Lipinski definition) is 5. The van der Waals surface area contributed by atoms with Crippen LogP contribution in [0.25, 0.3) is 0 Å². The Morgan fingerprint density at radius 2 is 2.11 bits per heavy atom. The third kappa shape index (κ3) is 4.01. The Morgan fingerprint density at radius 3 is 2.93 bits per heavy atom. The van der Waals surface area contributed by atoms with E-state index in [1.807, 2.05) is 29.4 Å². The standard InChI is InChI=1S/C22H29N5O/c1-2-5-19-13-24-17-25-21(19)26-11-4-8-22(15-26)9-7-20(28)27(16-22)14-18-6-3-10-23-12-18/h3,6,10,12-13,17H,2,4-5,7-9,11,14-16H2,1H3/t22-/m1/s1. The van der Waals surface area contributed by atoms with Gasteiger partial charge in [0.1, 0.15) is 12.1 Å². The number of aromatic nitrogens is 3. The molecule has 28 heavy (non-hydrogen) atoms. The summed E-state index contributed by atoms with van der Waals surface area (Å²) in [5, 5.41) is 0. The molecule has 148 valence electrons. The highest BCUT2D eigenvalue weighted by molar-refractivity contribution is 5.77. The first-order valence-corrected chi connectivity index (χ1v) is 10.4. The lowest BCUT2D eigenvalue weighted by Gasteiger charge is -2.48. The van der Waals surface area contributed by atoms with Crippen LogP contribution in [0.1, 0.15) is 50.2 Å². The molecule has 2 saturated heterocycles. The van der Waals surface area contributed by atoms with Gasteiger partial charge in [-0.1, -0.05) is 19.4 Å². The van der Waals surface area contributed by atoms with Crippen LogP contribution in [0.4, 0.5) is 5.82 Å². The summed E-state index contributed by atoms with van der Waals surface area (Å²) in [5.41, 5.74) is 2.49. The van der Waals surface area contributed by atoms with E-state index in [-0.39, 0.29) is 11.3 Å². The van der Waals surface area contributed by atoms with Crippen LogP contribution in [0, 0.1) is 5.41 Å². The van der Waals surface area contributed by atoms with Crippen molar-refractivity contribution in [1.29, 1.82) is 0 Å². The Hall–Kier alpha value is -2.50. The van der Waals surface area contributed by atoms with Gasteiger partial charge in [-0.05, 0) is 37.3 Å². The number of carbonyl (C=O) groups excluding carboxylic acids is 1. The number of aryl methyl sites for hydroxylation is 1. The molecule has 0 N–H and O–H groups in total. The van der Waals surface area contributed by atoms with Gasteiger partial charge in [0.05, 0.1) is 0 Å². The first-order valence-electron chi connectivity index (χ1n) is 10.4. The summed E-state index contributed by atoms with van der Waals surface area (Å²) in [4.78, 5) is 30.1. The van der Waals surface area contributed by atoms with E-state index in [0.717, 1.165) is 56.7 Å². The largest absolute Gasteiger partial charge is 0.356 e. The number of anilines is 1. The fourth-order valence-corrected chi connectivity index (χ4v) is 4.76. The van der Waals surface area contributed by atoms with Gasteiger partial charge in [0.2, 0.25) is 5.91 Å². The molecule has 2 aromatic rings. The van der Waals surface area contributed by atoms with E-state index in [9.17, 15) is 4.79 Å². The van der Waals surface area contributed by atoms with E-state index < -0.39 is 0 Å². The SMILES string of the molecule is CCCc1cncnc1N1CCC[C@@]2(CCC(=O)N(Cc3cccnc3)C2)C1. The summed E-state index contributed by atoms with van der Waals surface area (Å²) in [6.45, 7) is 5.68. The molecule has 2 fully saturated rings. The average molecular weight is 380 g/mol. The van der Waals surface area contributed by atoms with Crippen molar-refractivity contribution in [2.75, 3.05) is 24.5 Å². The van der Waals surface area contributed by atoms with Gasteiger partial charge in [-0.2, -0.15) is 0 Å². The Labute approximate surface area is 167 Å². The molecule has 4 heterocycles. The second-order valence-electron chi connectivity index (χ2n) is 8.26. The maximum atomic E-state index is 12.6. The highest BCUT2D eigenvalue weighted by Crippen LogP contribution is 2.40. The predicted molar refractivity (Wildman–Crippen MR) is 109 cm³/mol. The van der Waals surface area contributed by atoms with Crippen LogP contribution in [-0.4, -0.2) is 45.4 Å². The van der Waals surface area contributed by atoms with E-state index in [1.54, 1.807) is 12.5 Å². The molecule has 0 aromatic carbocycles. The molecule has 1 spiro atoms. The van der Waals surface area contributed by atoms with Crippen LogP contribution in [-0.2, 0) is 17.8 Å². The summed E-state index contributed by atoms with van der Waals surface area (Å²) in [7, 11) is 0. The summed E-state index contributed by atoms with van der Waals surface area (Å²) in [6, 6.07) is 3.99. The van der Waals surface area contributed by atoms with Crippen LogP contribution in [0.15, 0.2) is 37.1 Å². The molecule has 1 atom stereocenters. The number of pyridine rings is 1. The van der Waals surface area contributed by atoms with Crippen LogP contribution in [0.3, 0.4) is 0 Å². The summed E-state index contributed by atoms with van der Waals surface area (Å²) in [5.74, 6) is 1.35. The second-order valence-corrected chi connectivity index (χ2v) is 8.26. The molecule has 6 nitrogen and oxygen atoms in total. The van der Waals surface area contributed by atoms with Gasteiger partial charge in [0.25, 0.3) is 0 Å². The molecular formula is C22H29N5O. The zero-order chi connectivity index (χ0) is 19.4. The van der Waals surface area contributed by atoms with E-state index in [0.29, 0.717) is 13.0 Å². The van der Waals surface area contributed by atoms with Gasteiger partial charge in [-0.3, -0.25) is 9.78 Å². The molecule has 0 aliphatic carbocycles. The van der Waals surface area contributed by atoms with Crippen molar-refractivity contribution in [3.63, 3.8) is 0 Å². The van der Waals surface area contributed by atoms with Gasteiger partial charge >= 0.3 is 0 Å². The lowest BCUT2D eigenvalue weighted by molar-refractivity contribution is -0.138. The topological polar surface area (TPSA) is 62.2 Å². The molecule has 0 saturated carbocycles. The maximum absolute atomic E-state index is 12.6. The van der Waals surface area contributed by atoms with E-state index in [1.165, 1.54) is 12.0 Å². The third-order valence-electron chi connectivity index (χ3n) is 6.09. The van der Waals surface area contributed by atoms with Crippen LogP contribution in [0.5, 0.6) is 0 Å². The minimum absolute atomic E-state index is 0.156. The molecule has 0 unspecified atom stereocenters. The summed E-state index contributed by atoms with van der Waals surface area (Å²) in [6.07, 6.45) is 13.3. The minimum atomic E-state index is 0.156. The molecule has 0 radical (unpaired) electrons. The molecule has 1 amide bonds. The number of piperidine rings is 2. The molecule has 0 bridgehead atoms. The van der Waals surface area contributed by atoms with Crippen molar-refractivity contribution in [1.82, 2.24) is 19.9 Å². The van der Waals surface area contributed by atoms with Crippen molar-refractivity contribution >= 4 is 11.7 Å². The normalized spacial score (nSPS) is 22.7. The number of likely N-dealkylation sites (tertiary alicyclic amines) is 1. The van der Waals surface area contributed by atoms with Gasteiger partial charge in [-0.15, -0.1) is 0 Å². The number of carbonyl (C=O) groups is 1. The lowest BCUT2D eigenvalue weighted by Crippen LogP contribution is -2.54. The number of rotatable bonds is 5. The van der Waals surface area contributed by atoms with E-state index >= 15 is 0 Å². The molecule has 2 aromatic heterocycles. The number of nitrogens with zero attached hydrogens (tertiary/aromatic N) is 5. The van der Waals surface area contributed by atoms with Gasteiger partial charge in [0.15, 0.2) is 0 Å². The van der Waals surface area contributed by atoms with Crippen molar-refractivity contribution in [3.05, 3.63) is 48.2 Å². The summed E-state index contributed by atoms with van der Waals surface area (Å²) < 4.78 is 0. The predicted octanol–water partition coefficient (Wildman–Crippen LogP) is 3.23. The Bertz CT molecular complexity index is 812. The fraction of sp³-hybridized carbons (Fsp3) is 0.545. The monoisotopic (exact) mass is 379 g/mol.